The molecule has 2 heteroatoms. The lowest BCUT2D eigenvalue weighted by molar-refractivity contribution is 0.238. The topological polar surface area (TPSA) is 29.3 Å². The first-order valence-corrected chi connectivity index (χ1v) is 3.32. The summed E-state index contributed by atoms with van der Waals surface area (Å²) in [7, 11) is 0. The number of hydrazine groups is 1. The van der Waals surface area contributed by atoms with E-state index in [4.69, 9.17) is 5.84 Å². The third kappa shape index (κ3) is 0.446. The van der Waals surface area contributed by atoms with Gasteiger partial charge in [-0.1, -0.05) is 0 Å². The number of fused-ring (bicyclic) bond motifs is 1. The minimum Gasteiger partial charge on any atom is -0.268 e. The number of hydrogen-bond acceptors (Lipinski definition) is 2. The number of nitrogens with two attached hydrogens (primary N) is 1. The molecule has 1 aliphatic heterocycles. The Morgan fingerprint density at radius 3 is 2.50 bits per heavy atom. The highest BCUT2D eigenvalue weighted by Crippen LogP contribution is 2.45. The molecule has 2 rings (SSSR count). The standard InChI is InChI=1S/C6H12N2/c1-4-2-5-3-6(5)8(4)7/h4-6H,2-3,7H2,1H3/t4-,5?,6?/m1/s1. The lowest BCUT2D eigenvalue weighted by atomic mass is 10.2. The third-order valence-electron chi connectivity index (χ3n) is 2.42. The molecule has 0 aromatic heterocycles. The highest BCUT2D eigenvalue weighted by molar-refractivity contribution is 5.02. The van der Waals surface area contributed by atoms with E-state index in [0.717, 1.165) is 12.0 Å². The Bertz CT molecular complexity index is 111. The Labute approximate surface area is 49.6 Å². The number of nitrogens with zero attached hydrogens (tertiary/aromatic N) is 1. The average molecular weight is 112 g/mol. The van der Waals surface area contributed by atoms with Gasteiger partial charge < -0.3 is 0 Å². The molecule has 2 aliphatic rings. The molecule has 46 valence electrons. The van der Waals surface area contributed by atoms with Gasteiger partial charge in [-0.15, -0.1) is 0 Å². The van der Waals surface area contributed by atoms with E-state index in [9.17, 15) is 0 Å². The van der Waals surface area contributed by atoms with Crippen LogP contribution in [0.3, 0.4) is 0 Å². The molecule has 2 unspecified atom stereocenters. The van der Waals surface area contributed by atoms with Gasteiger partial charge >= 0.3 is 0 Å². The molecule has 0 aromatic carbocycles. The van der Waals surface area contributed by atoms with Crippen LogP contribution in [0.15, 0.2) is 0 Å². The van der Waals surface area contributed by atoms with E-state index >= 15 is 0 Å². The third-order valence-corrected chi connectivity index (χ3v) is 2.42. The van der Waals surface area contributed by atoms with Crippen LogP contribution in [0.4, 0.5) is 0 Å². The van der Waals surface area contributed by atoms with Crippen LogP contribution in [-0.2, 0) is 0 Å². The average Bonchev–Trinajstić information content (AvgIpc) is 2.39. The van der Waals surface area contributed by atoms with E-state index in [1.807, 2.05) is 5.01 Å². The molecular formula is C6H12N2. The van der Waals surface area contributed by atoms with Crippen molar-refractivity contribution >= 4 is 0 Å². The molecule has 0 bridgehead atoms. The van der Waals surface area contributed by atoms with Crippen LogP contribution in [-0.4, -0.2) is 17.1 Å². The fraction of sp³-hybridized carbons (Fsp3) is 1.00. The Kier molecular flexibility index (Phi) is 0.746. The summed E-state index contributed by atoms with van der Waals surface area (Å²) in [6, 6.07) is 1.42. The highest BCUT2D eigenvalue weighted by Gasteiger charge is 2.49. The number of piperidine rings is 1. The number of hydrogen-bond donors (Lipinski definition) is 1. The normalized spacial score (nSPS) is 54.0. The Morgan fingerprint density at radius 2 is 2.25 bits per heavy atom. The second kappa shape index (κ2) is 1.25. The smallest absolute Gasteiger partial charge is 0.0276 e. The summed E-state index contributed by atoms with van der Waals surface area (Å²) in [5.41, 5.74) is 0. The van der Waals surface area contributed by atoms with Crippen molar-refractivity contribution in [2.24, 2.45) is 11.8 Å². The fourth-order valence-corrected chi connectivity index (χ4v) is 1.74. The van der Waals surface area contributed by atoms with E-state index in [-0.39, 0.29) is 0 Å². The van der Waals surface area contributed by atoms with Gasteiger partial charge in [0.1, 0.15) is 0 Å². The molecule has 1 saturated heterocycles. The maximum Gasteiger partial charge on any atom is 0.0276 e. The van der Waals surface area contributed by atoms with Gasteiger partial charge in [0.25, 0.3) is 0 Å². The highest BCUT2D eigenvalue weighted by atomic mass is 15.5. The zero-order valence-electron chi connectivity index (χ0n) is 5.17. The Balaban J connectivity index is 2.08. The molecule has 0 radical (unpaired) electrons. The van der Waals surface area contributed by atoms with Gasteiger partial charge in [-0.3, -0.25) is 5.84 Å². The van der Waals surface area contributed by atoms with E-state index in [1.54, 1.807) is 0 Å². The first-order valence-electron chi connectivity index (χ1n) is 3.32. The van der Waals surface area contributed by atoms with Crippen molar-refractivity contribution in [3.63, 3.8) is 0 Å². The maximum atomic E-state index is 5.70. The van der Waals surface area contributed by atoms with E-state index < -0.39 is 0 Å². The maximum absolute atomic E-state index is 5.70. The van der Waals surface area contributed by atoms with E-state index in [0.29, 0.717) is 6.04 Å². The molecule has 0 spiro atoms. The minimum atomic E-state index is 0.652. The second-order valence-corrected chi connectivity index (χ2v) is 3.10. The lowest BCUT2D eigenvalue weighted by Gasteiger charge is -2.16. The lowest BCUT2D eigenvalue weighted by Crippen LogP contribution is -2.36. The quantitative estimate of drug-likeness (QED) is 0.458. The summed E-state index contributed by atoms with van der Waals surface area (Å²) in [5.74, 6) is 6.66. The Hall–Kier alpha value is -0.0800. The van der Waals surface area contributed by atoms with Crippen LogP contribution < -0.4 is 5.84 Å². The van der Waals surface area contributed by atoms with Crippen molar-refractivity contribution in [1.29, 1.82) is 0 Å². The zero-order chi connectivity index (χ0) is 5.72. The Morgan fingerprint density at radius 1 is 1.50 bits per heavy atom. The SMILES string of the molecule is C[C@@H]1CC2CC2N1N. The first kappa shape index (κ1) is 4.77. The minimum absolute atomic E-state index is 0.652. The van der Waals surface area contributed by atoms with Gasteiger partial charge in [0.15, 0.2) is 0 Å². The van der Waals surface area contributed by atoms with Crippen molar-refractivity contribution in [1.82, 2.24) is 5.01 Å². The molecular weight excluding hydrogens is 100 g/mol. The molecule has 0 amide bonds. The summed E-state index contributed by atoms with van der Waals surface area (Å²) in [4.78, 5) is 0. The summed E-state index contributed by atoms with van der Waals surface area (Å²) in [6.45, 7) is 2.20. The van der Waals surface area contributed by atoms with E-state index in [2.05, 4.69) is 6.92 Å². The molecule has 2 fully saturated rings. The summed E-state index contributed by atoms with van der Waals surface area (Å²) >= 11 is 0. The molecule has 2 nitrogen and oxygen atoms in total. The van der Waals surface area contributed by atoms with E-state index in [1.165, 1.54) is 12.8 Å². The predicted octanol–water partition coefficient (Wildman–Crippen LogP) is 0.343. The summed E-state index contributed by atoms with van der Waals surface area (Å²) in [6.07, 6.45) is 2.70. The van der Waals surface area contributed by atoms with Crippen LogP contribution in [0.25, 0.3) is 0 Å². The van der Waals surface area contributed by atoms with Crippen LogP contribution in [0.5, 0.6) is 0 Å². The first-order chi connectivity index (χ1) is 3.79. The van der Waals surface area contributed by atoms with Gasteiger partial charge in [0.05, 0.1) is 0 Å². The fourth-order valence-electron chi connectivity index (χ4n) is 1.74. The molecule has 1 aliphatic carbocycles. The predicted molar refractivity (Wildman–Crippen MR) is 32.0 cm³/mol. The van der Waals surface area contributed by atoms with Crippen LogP contribution in [0.2, 0.25) is 0 Å². The van der Waals surface area contributed by atoms with Gasteiger partial charge in [-0.2, -0.15) is 0 Å². The molecule has 1 saturated carbocycles. The van der Waals surface area contributed by atoms with Gasteiger partial charge in [0, 0.05) is 12.1 Å². The summed E-state index contributed by atoms with van der Waals surface area (Å²) < 4.78 is 0. The van der Waals surface area contributed by atoms with Crippen molar-refractivity contribution in [3.05, 3.63) is 0 Å². The number of rotatable bonds is 0. The van der Waals surface area contributed by atoms with Crippen LogP contribution >= 0.6 is 0 Å². The molecule has 2 N–H and O–H groups in total. The van der Waals surface area contributed by atoms with Crippen LogP contribution in [0.1, 0.15) is 19.8 Å². The van der Waals surface area contributed by atoms with Crippen molar-refractivity contribution in [2.45, 2.75) is 31.8 Å². The van der Waals surface area contributed by atoms with Gasteiger partial charge in [-0.25, -0.2) is 5.01 Å². The van der Waals surface area contributed by atoms with Crippen LogP contribution in [0, 0.1) is 5.92 Å². The van der Waals surface area contributed by atoms with Crippen molar-refractivity contribution in [3.8, 4) is 0 Å². The van der Waals surface area contributed by atoms with Crippen molar-refractivity contribution in [2.75, 3.05) is 0 Å². The molecule has 1 heterocycles. The zero-order valence-corrected chi connectivity index (χ0v) is 5.17. The second-order valence-electron chi connectivity index (χ2n) is 3.10. The molecule has 8 heavy (non-hydrogen) atoms. The van der Waals surface area contributed by atoms with Gasteiger partial charge in [0.2, 0.25) is 0 Å². The monoisotopic (exact) mass is 112 g/mol. The molecule has 3 atom stereocenters. The van der Waals surface area contributed by atoms with Gasteiger partial charge in [-0.05, 0) is 25.7 Å². The largest absolute Gasteiger partial charge is 0.268 e. The molecule has 0 aromatic rings. The van der Waals surface area contributed by atoms with Crippen molar-refractivity contribution < 1.29 is 0 Å². The summed E-state index contributed by atoms with van der Waals surface area (Å²) in [5, 5.41) is 2.02.